The van der Waals surface area contributed by atoms with Crippen molar-refractivity contribution in [2.45, 2.75) is 26.0 Å². The summed E-state index contributed by atoms with van der Waals surface area (Å²) in [6, 6.07) is 12.9. The van der Waals surface area contributed by atoms with Crippen molar-refractivity contribution in [3.8, 4) is 0 Å². The Morgan fingerprint density at radius 2 is 2.00 bits per heavy atom. The van der Waals surface area contributed by atoms with Crippen LogP contribution in [-0.2, 0) is 27.3 Å². The van der Waals surface area contributed by atoms with Gasteiger partial charge in [0.05, 0.1) is 29.2 Å². The Morgan fingerprint density at radius 1 is 1.20 bits per heavy atom. The van der Waals surface area contributed by atoms with Crippen LogP contribution >= 0.6 is 23.2 Å². The van der Waals surface area contributed by atoms with E-state index >= 15 is 0 Å². The van der Waals surface area contributed by atoms with Crippen LogP contribution in [0, 0.1) is 0 Å². The van der Waals surface area contributed by atoms with Crippen LogP contribution < -0.4 is 10.6 Å². The Bertz CT molecular complexity index is 907. The summed E-state index contributed by atoms with van der Waals surface area (Å²) >= 11 is 12.4. The topological polar surface area (TPSA) is 70.7 Å². The molecule has 2 aromatic carbocycles. The molecule has 2 aromatic rings. The molecule has 2 amide bonds. The summed E-state index contributed by atoms with van der Waals surface area (Å²) < 4.78 is 5.80. The number of anilines is 1. The zero-order valence-electron chi connectivity index (χ0n) is 16.8. The minimum atomic E-state index is -0.144. The number of halogens is 2. The van der Waals surface area contributed by atoms with Gasteiger partial charge in [0, 0.05) is 38.8 Å². The molecule has 1 heterocycles. The van der Waals surface area contributed by atoms with Crippen molar-refractivity contribution in [2.24, 2.45) is 0 Å². The molecule has 1 aliphatic heterocycles. The highest BCUT2D eigenvalue weighted by molar-refractivity contribution is 6.42. The van der Waals surface area contributed by atoms with E-state index in [1.165, 1.54) is 6.92 Å². The fourth-order valence-corrected chi connectivity index (χ4v) is 3.78. The molecule has 8 heteroatoms. The van der Waals surface area contributed by atoms with Gasteiger partial charge in [0.1, 0.15) is 0 Å². The van der Waals surface area contributed by atoms with Gasteiger partial charge >= 0.3 is 0 Å². The summed E-state index contributed by atoms with van der Waals surface area (Å²) in [7, 11) is 0. The average molecular weight is 450 g/mol. The second kappa shape index (κ2) is 10.8. The summed E-state index contributed by atoms with van der Waals surface area (Å²) in [5, 5.41) is 6.79. The van der Waals surface area contributed by atoms with Gasteiger partial charge in [-0.2, -0.15) is 0 Å². The molecule has 0 bridgehead atoms. The third-order valence-corrected chi connectivity index (χ3v) is 5.65. The number of amides is 2. The monoisotopic (exact) mass is 449 g/mol. The molecule has 0 radical (unpaired) electrons. The predicted molar refractivity (Wildman–Crippen MR) is 119 cm³/mol. The molecule has 3 rings (SSSR count). The first-order chi connectivity index (χ1) is 14.4. The van der Waals surface area contributed by atoms with Crippen LogP contribution in [0.25, 0.3) is 0 Å². The summed E-state index contributed by atoms with van der Waals surface area (Å²) in [5.41, 5.74) is 2.49. The standard InChI is InChI=1S/C22H25Cl2N3O3/c1-15(28)26-18-6-2-4-16(10-18)11-21(29)25-12-19-14-27(8-9-30-19)13-17-5-3-7-20(23)22(17)24/h2-7,10,19H,8-9,11-14H2,1H3,(H,25,29)(H,26,28). The molecule has 1 aliphatic rings. The van der Waals surface area contributed by atoms with E-state index in [0.717, 1.165) is 17.7 Å². The van der Waals surface area contributed by atoms with E-state index in [9.17, 15) is 9.59 Å². The second-order valence-electron chi connectivity index (χ2n) is 7.30. The van der Waals surface area contributed by atoms with Crippen LogP contribution in [-0.4, -0.2) is 49.1 Å². The predicted octanol–water partition coefficient (Wildman–Crippen LogP) is 3.51. The number of carbonyl (C=O) groups is 2. The van der Waals surface area contributed by atoms with Crippen LogP contribution in [0.5, 0.6) is 0 Å². The fraction of sp³-hybridized carbons (Fsp3) is 0.364. The van der Waals surface area contributed by atoms with E-state index < -0.39 is 0 Å². The first kappa shape index (κ1) is 22.6. The number of benzene rings is 2. The molecule has 1 atom stereocenters. The van der Waals surface area contributed by atoms with E-state index in [-0.39, 0.29) is 24.3 Å². The van der Waals surface area contributed by atoms with Crippen molar-refractivity contribution in [2.75, 3.05) is 31.6 Å². The molecule has 0 aromatic heterocycles. The number of morpholine rings is 1. The summed E-state index contributed by atoms with van der Waals surface area (Å²) in [5.74, 6) is -0.233. The largest absolute Gasteiger partial charge is 0.374 e. The molecule has 6 nitrogen and oxygen atoms in total. The Hall–Kier alpha value is -2.12. The zero-order valence-corrected chi connectivity index (χ0v) is 18.3. The quantitative estimate of drug-likeness (QED) is 0.678. The highest BCUT2D eigenvalue weighted by Gasteiger charge is 2.22. The molecule has 0 spiro atoms. The zero-order chi connectivity index (χ0) is 21.5. The maximum Gasteiger partial charge on any atom is 0.224 e. The minimum Gasteiger partial charge on any atom is -0.374 e. The summed E-state index contributed by atoms with van der Waals surface area (Å²) in [6.45, 7) is 4.65. The van der Waals surface area contributed by atoms with Gasteiger partial charge < -0.3 is 15.4 Å². The third-order valence-electron chi connectivity index (χ3n) is 4.79. The van der Waals surface area contributed by atoms with Gasteiger partial charge in [-0.15, -0.1) is 0 Å². The first-order valence-corrected chi connectivity index (χ1v) is 10.6. The molecular formula is C22H25Cl2N3O3. The van der Waals surface area contributed by atoms with Crippen LogP contribution in [0.1, 0.15) is 18.1 Å². The smallest absolute Gasteiger partial charge is 0.224 e. The van der Waals surface area contributed by atoms with Gasteiger partial charge in [-0.05, 0) is 29.3 Å². The SMILES string of the molecule is CC(=O)Nc1cccc(CC(=O)NCC2CN(Cc3cccc(Cl)c3Cl)CCO2)c1. The number of nitrogens with one attached hydrogen (secondary N) is 2. The van der Waals surface area contributed by atoms with Crippen molar-refractivity contribution >= 4 is 40.7 Å². The van der Waals surface area contributed by atoms with Crippen molar-refractivity contribution in [1.29, 1.82) is 0 Å². The Balaban J connectivity index is 1.48. The Morgan fingerprint density at radius 3 is 2.80 bits per heavy atom. The van der Waals surface area contributed by atoms with Gasteiger partial charge in [0.25, 0.3) is 0 Å². The van der Waals surface area contributed by atoms with Gasteiger partial charge in [-0.3, -0.25) is 14.5 Å². The molecule has 1 fully saturated rings. The second-order valence-corrected chi connectivity index (χ2v) is 8.09. The Kier molecular flexibility index (Phi) is 8.10. The lowest BCUT2D eigenvalue weighted by atomic mass is 10.1. The number of carbonyl (C=O) groups excluding carboxylic acids is 2. The maximum atomic E-state index is 12.3. The molecule has 0 aliphatic carbocycles. The van der Waals surface area contributed by atoms with E-state index in [4.69, 9.17) is 27.9 Å². The average Bonchev–Trinajstić information content (AvgIpc) is 2.70. The molecule has 1 unspecified atom stereocenters. The van der Waals surface area contributed by atoms with Crippen LogP contribution in [0.15, 0.2) is 42.5 Å². The van der Waals surface area contributed by atoms with Gasteiger partial charge in [-0.25, -0.2) is 0 Å². The fourth-order valence-electron chi connectivity index (χ4n) is 3.40. The molecule has 2 N–H and O–H groups in total. The molecule has 0 saturated carbocycles. The minimum absolute atomic E-state index is 0.0893. The highest BCUT2D eigenvalue weighted by atomic mass is 35.5. The van der Waals surface area contributed by atoms with Crippen molar-refractivity contribution < 1.29 is 14.3 Å². The van der Waals surface area contributed by atoms with Crippen LogP contribution in [0.4, 0.5) is 5.69 Å². The number of rotatable bonds is 7. The normalized spacial score (nSPS) is 16.8. The van der Waals surface area contributed by atoms with Gasteiger partial charge in [-0.1, -0.05) is 47.5 Å². The lowest BCUT2D eigenvalue weighted by molar-refractivity contribution is -0.121. The van der Waals surface area contributed by atoms with Crippen molar-refractivity contribution in [3.05, 3.63) is 63.6 Å². The van der Waals surface area contributed by atoms with Crippen molar-refractivity contribution in [3.63, 3.8) is 0 Å². The van der Waals surface area contributed by atoms with Crippen LogP contribution in [0.2, 0.25) is 10.0 Å². The molecular weight excluding hydrogens is 425 g/mol. The summed E-state index contributed by atoms with van der Waals surface area (Å²) in [6.07, 6.45) is 0.147. The number of hydrogen-bond acceptors (Lipinski definition) is 4. The molecule has 30 heavy (non-hydrogen) atoms. The van der Waals surface area contributed by atoms with E-state index in [1.807, 2.05) is 24.3 Å². The van der Waals surface area contributed by atoms with E-state index in [1.54, 1.807) is 18.2 Å². The number of nitrogens with zero attached hydrogens (tertiary/aromatic N) is 1. The third kappa shape index (κ3) is 6.71. The first-order valence-electron chi connectivity index (χ1n) is 9.81. The van der Waals surface area contributed by atoms with Gasteiger partial charge in [0.2, 0.25) is 11.8 Å². The summed E-state index contributed by atoms with van der Waals surface area (Å²) in [4.78, 5) is 25.8. The maximum absolute atomic E-state index is 12.3. The lowest BCUT2D eigenvalue weighted by Gasteiger charge is -2.33. The highest BCUT2D eigenvalue weighted by Crippen LogP contribution is 2.27. The lowest BCUT2D eigenvalue weighted by Crippen LogP contribution is -2.47. The van der Waals surface area contributed by atoms with Crippen LogP contribution in [0.3, 0.4) is 0 Å². The molecule has 160 valence electrons. The number of ether oxygens (including phenoxy) is 1. The number of hydrogen-bond donors (Lipinski definition) is 2. The van der Waals surface area contributed by atoms with Crippen molar-refractivity contribution in [1.82, 2.24) is 10.2 Å². The molecule has 1 saturated heterocycles. The van der Waals surface area contributed by atoms with E-state index in [2.05, 4.69) is 15.5 Å². The van der Waals surface area contributed by atoms with Gasteiger partial charge in [0.15, 0.2) is 0 Å². The van der Waals surface area contributed by atoms with E-state index in [0.29, 0.717) is 42.0 Å². The Labute approximate surface area is 186 Å².